The van der Waals surface area contributed by atoms with Crippen LogP contribution >= 0.6 is 0 Å². The van der Waals surface area contributed by atoms with E-state index in [1.807, 2.05) is 24.3 Å². The Morgan fingerprint density at radius 2 is 1.64 bits per heavy atom. The number of unbranched alkanes of at least 4 members (excludes halogenated alkanes) is 3. The van der Waals surface area contributed by atoms with Crippen LogP contribution in [0.15, 0.2) is 67.3 Å². The van der Waals surface area contributed by atoms with E-state index in [1.54, 1.807) is 0 Å². The molecule has 3 aromatic rings. The first kappa shape index (κ1) is 19.9. The third-order valence-electron chi connectivity index (χ3n) is 4.96. The van der Waals surface area contributed by atoms with Gasteiger partial charge in [0, 0.05) is 16.8 Å². The van der Waals surface area contributed by atoms with Crippen molar-refractivity contribution in [3.05, 3.63) is 67.3 Å². The lowest BCUT2D eigenvalue weighted by molar-refractivity contribution is -0.144. The van der Waals surface area contributed by atoms with Crippen molar-refractivity contribution in [2.45, 2.75) is 45.1 Å². The van der Waals surface area contributed by atoms with Crippen LogP contribution in [0.3, 0.4) is 0 Å². The van der Waals surface area contributed by atoms with Crippen LogP contribution in [0, 0.1) is 0 Å². The van der Waals surface area contributed by atoms with Gasteiger partial charge in [-0.05, 0) is 29.7 Å². The van der Waals surface area contributed by atoms with E-state index in [-0.39, 0.29) is 6.10 Å². The number of esters is 1. The van der Waals surface area contributed by atoms with Gasteiger partial charge in [0.1, 0.15) is 18.5 Å². The summed E-state index contributed by atoms with van der Waals surface area (Å²) in [6.07, 6.45) is 6.25. The average Bonchev–Trinajstić information content (AvgIpc) is 2.73. The van der Waals surface area contributed by atoms with Crippen LogP contribution in [0.4, 0.5) is 0 Å². The van der Waals surface area contributed by atoms with E-state index < -0.39 is 5.97 Å². The quantitative estimate of drug-likeness (QED) is 0.177. The normalized spacial score (nSPS) is 12.0. The highest BCUT2D eigenvalue weighted by molar-refractivity contribution is 6.05. The first-order valence-electron chi connectivity index (χ1n) is 10.1. The van der Waals surface area contributed by atoms with Gasteiger partial charge in [0.25, 0.3) is 0 Å². The number of benzene rings is 3. The Labute approximate surface area is 167 Å². The molecule has 3 nitrogen and oxygen atoms in total. The standard InChI is InChI=1S/C25H28O3/c1-3-5-6-7-14-21(28-24(26)4-2)18-27-25-22-15-10-8-12-19(22)17-20-13-9-11-16-23(20)25/h4,8-13,15-17,21H,2-3,5-7,14,18H2,1H3. The molecular weight excluding hydrogens is 348 g/mol. The number of hydrogen-bond donors (Lipinski definition) is 0. The Morgan fingerprint density at radius 3 is 2.25 bits per heavy atom. The molecular formula is C25H28O3. The van der Waals surface area contributed by atoms with E-state index in [4.69, 9.17) is 9.47 Å². The molecule has 3 aromatic carbocycles. The molecule has 0 aromatic heterocycles. The Balaban J connectivity index is 1.83. The van der Waals surface area contributed by atoms with Crippen molar-refractivity contribution in [3.63, 3.8) is 0 Å². The maximum atomic E-state index is 11.8. The fraction of sp³-hybridized carbons (Fsp3) is 0.320. The van der Waals surface area contributed by atoms with Crippen LogP contribution in [0.1, 0.15) is 39.0 Å². The first-order valence-corrected chi connectivity index (χ1v) is 10.1. The highest BCUT2D eigenvalue weighted by Gasteiger charge is 2.16. The summed E-state index contributed by atoms with van der Waals surface area (Å²) in [5, 5.41) is 4.42. The van der Waals surface area contributed by atoms with Crippen LogP contribution in [-0.4, -0.2) is 18.7 Å². The maximum absolute atomic E-state index is 11.8. The molecule has 0 fully saturated rings. The monoisotopic (exact) mass is 376 g/mol. The minimum atomic E-state index is -0.396. The zero-order valence-corrected chi connectivity index (χ0v) is 16.5. The van der Waals surface area contributed by atoms with Crippen molar-refractivity contribution in [1.82, 2.24) is 0 Å². The van der Waals surface area contributed by atoms with E-state index in [9.17, 15) is 4.79 Å². The van der Waals surface area contributed by atoms with Gasteiger partial charge in [0.05, 0.1) is 0 Å². The van der Waals surface area contributed by atoms with Crippen molar-refractivity contribution in [2.24, 2.45) is 0 Å². The Hall–Kier alpha value is -2.81. The smallest absolute Gasteiger partial charge is 0.330 e. The zero-order valence-electron chi connectivity index (χ0n) is 16.5. The third-order valence-corrected chi connectivity index (χ3v) is 4.96. The summed E-state index contributed by atoms with van der Waals surface area (Å²) in [4.78, 5) is 11.8. The van der Waals surface area contributed by atoms with Crippen molar-refractivity contribution < 1.29 is 14.3 Å². The fourth-order valence-electron chi connectivity index (χ4n) is 3.49. The minimum absolute atomic E-state index is 0.278. The molecule has 0 saturated carbocycles. The molecule has 0 aliphatic rings. The molecule has 146 valence electrons. The Morgan fingerprint density at radius 1 is 1.00 bits per heavy atom. The summed E-state index contributed by atoms with van der Waals surface area (Å²) in [6.45, 7) is 6.03. The molecule has 1 atom stereocenters. The number of carbonyl (C=O) groups is 1. The SMILES string of the molecule is C=CC(=O)OC(CCCCCC)COc1c2ccccc2cc2ccccc12. The maximum Gasteiger partial charge on any atom is 0.330 e. The number of rotatable bonds is 10. The summed E-state index contributed by atoms with van der Waals surface area (Å²) >= 11 is 0. The van der Waals surface area contributed by atoms with E-state index >= 15 is 0 Å². The molecule has 0 radical (unpaired) electrons. The lowest BCUT2D eigenvalue weighted by Gasteiger charge is -2.20. The van der Waals surface area contributed by atoms with Gasteiger partial charge in [-0.1, -0.05) is 81.3 Å². The van der Waals surface area contributed by atoms with Crippen molar-refractivity contribution in [3.8, 4) is 5.75 Å². The second kappa shape index (κ2) is 9.93. The third kappa shape index (κ3) is 4.92. The Kier molecular flexibility index (Phi) is 7.07. The molecule has 0 aliphatic heterocycles. The van der Waals surface area contributed by atoms with Gasteiger partial charge in [-0.15, -0.1) is 0 Å². The predicted octanol–water partition coefficient (Wildman–Crippen LogP) is 6.44. The summed E-state index contributed by atoms with van der Waals surface area (Å²) in [5.74, 6) is 0.453. The largest absolute Gasteiger partial charge is 0.488 e. The molecule has 0 amide bonds. The van der Waals surface area contributed by atoms with Crippen LogP contribution < -0.4 is 4.74 Å². The van der Waals surface area contributed by atoms with Crippen molar-refractivity contribution in [2.75, 3.05) is 6.61 Å². The number of fused-ring (bicyclic) bond motifs is 2. The molecule has 0 bridgehead atoms. The molecule has 0 N–H and O–H groups in total. The van der Waals surface area contributed by atoms with Gasteiger partial charge < -0.3 is 9.47 Å². The molecule has 3 rings (SSSR count). The molecule has 3 heteroatoms. The summed E-state index contributed by atoms with van der Waals surface area (Å²) in [7, 11) is 0. The topological polar surface area (TPSA) is 35.5 Å². The van der Waals surface area contributed by atoms with E-state index in [1.165, 1.54) is 18.9 Å². The second-order valence-corrected chi connectivity index (χ2v) is 7.07. The zero-order chi connectivity index (χ0) is 19.8. The first-order chi connectivity index (χ1) is 13.7. The van der Waals surface area contributed by atoms with Crippen molar-refractivity contribution in [1.29, 1.82) is 0 Å². The second-order valence-electron chi connectivity index (χ2n) is 7.07. The predicted molar refractivity (Wildman–Crippen MR) is 116 cm³/mol. The lowest BCUT2D eigenvalue weighted by atomic mass is 10.0. The van der Waals surface area contributed by atoms with Gasteiger partial charge in [-0.2, -0.15) is 0 Å². The van der Waals surface area contributed by atoms with Gasteiger partial charge in [0.15, 0.2) is 0 Å². The summed E-state index contributed by atoms with van der Waals surface area (Å²) in [5.41, 5.74) is 0. The number of hydrogen-bond acceptors (Lipinski definition) is 3. The van der Waals surface area contributed by atoms with Crippen LogP contribution in [0.5, 0.6) is 5.75 Å². The van der Waals surface area contributed by atoms with Gasteiger partial charge in [-0.3, -0.25) is 0 Å². The van der Waals surface area contributed by atoms with Gasteiger partial charge in [-0.25, -0.2) is 4.79 Å². The molecule has 1 unspecified atom stereocenters. The minimum Gasteiger partial charge on any atom is -0.488 e. The summed E-state index contributed by atoms with van der Waals surface area (Å²) < 4.78 is 11.8. The van der Waals surface area contributed by atoms with Crippen LogP contribution in [-0.2, 0) is 9.53 Å². The average molecular weight is 376 g/mol. The van der Waals surface area contributed by atoms with E-state index in [0.29, 0.717) is 6.61 Å². The molecule has 0 aliphatic carbocycles. The molecule has 28 heavy (non-hydrogen) atoms. The number of carbonyl (C=O) groups excluding carboxylic acids is 1. The highest BCUT2D eigenvalue weighted by Crippen LogP contribution is 2.35. The molecule has 0 heterocycles. The summed E-state index contributed by atoms with van der Waals surface area (Å²) in [6, 6.07) is 18.6. The number of ether oxygens (including phenoxy) is 2. The van der Waals surface area contributed by atoms with Crippen LogP contribution in [0.2, 0.25) is 0 Å². The highest BCUT2D eigenvalue weighted by atomic mass is 16.6. The van der Waals surface area contributed by atoms with Gasteiger partial charge >= 0.3 is 5.97 Å². The molecule has 0 saturated heterocycles. The van der Waals surface area contributed by atoms with Crippen LogP contribution in [0.25, 0.3) is 21.5 Å². The van der Waals surface area contributed by atoms with Crippen molar-refractivity contribution >= 4 is 27.5 Å². The van der Waals surface area contributed by atoms with Gasteiger partial charge in [0.2, 0.25) is 0 Å². The lowest BCUT2D eigenvalue weighted by Crippen LogP contribution is -2.24. The van der Waals surface area contributed by atoms with E-state index in [2.05, 4.69) is 43.8 Å². The molecule has 0 spiro atoms. The van der Waals surface area contributed by atoms with E-state index in [0.717, 1.165) is 46.6 Å². The Bertz CT molecular complexity index is 891. The fourth-order valence-corrected chi connectivity index (χ4v) is 3.49.